The lowest BCUT2D eigenvalue weighted by Crippen LogP contribution is -2.39. The second-order valence-corrected chi connectivity index (χ2v) is 6.16. The number of hydrogen-bond acceptors (Lipinski definition) is 2. The molecule has 2 atom stereocenters. The Morgan fingerprint density at radius 2 is 2.12 bits per heavy atom. The molecule has 4 nitrogen and oxygen atoms in total. The van der Waals surface area contributed by atoms with Crippen LogP contribution >= 0.6 is 0 Å². The number of benzene rings is 2. The van der Waals surface area contributed by atoms with Crippen LogP contribution in [0.25, 0.3) is 0 Å². The van der Waals surface area contributed by atoms with Gasteiger partial charge in [0, 0.05) is 6.54 Å². The molecular weight excluding hydrogens is 307 g/mol. The minimum atomic E-state index is -0.759. The number of aryl methyl sites for hydroxylation is 2. The lowest BCUT2D eigenvalue weighted by Gasteiger charge is -2.18. The van der Waals surface area contributed by atoms with E-state index in [-0.39, 0.29) is 24.4 Å². The van der Waals surface area contributed by atoms with Crippen molar-refractivity contribution in [3.63, 3.8) is 0 Å². The zero-order valence-electron chi connectivity index (χ0n) is 13.6. The van der Waals surface area contributed by atoms with Crippen molar-refractivity contribution in [2.45, 2.75) is 31.9 Å². The molecule has 0 aliphatic heterocycles. The molecule has 5 heteroatoms. The van der Waals surface area contributed by atoms with E-state index in [0.29, 0.717) is 0 Å². The Labute approximate surface area is 140 Å². The highest BCUT2D eigenvalue weighted by Gasteiger charge is 2.24. The molecule has 0 radical (unpaired) electrons. The predicted molar refractivity (Wildman–Crippen MR) is 90.1 cm³/mol. The second kappa shape index (κ2) is 7.01. The molecule has 0 saturated heterocycles. The third-order valence-corrected chi connectivity index (χ3v) is 4.49. The van der Waals surface area contributed by atoms with Gasteiger partial charge in [0.05, 0.1) is 12.1 Å². The molecule has 0 heterocycles. The van der Waals surface area contributed by atoms with Crippen LogP contribution in [0.15, 0.2) is 42.5 Å². The van der Waals surface area contributed by atoms with Crippen molar-refractivity contribution in [1.82, 2.24) is 10.6 Å². The Morgan fingerprint density at radius 1 is 1.33 bits per heavy atom. The van der Waals surface area contributed by atoms with Crippen molar-refractivity contribution in [2.75, 3.05) is 6.54 Å². The van der Waals surface area contributed by atoms with E-state index in [1.165, 1.54) is 12.1 Å². The molecule has 24 heavy (non-hydrogen) atoms. The summed E-state index contributed by atoms with van der Waals surface area (Å²) in [5.41, 5.74) is 3.68. The zero-order valence-corrected chi connectivity index (χ0v) is 13.6. The van der Waals surface area contributed by atoms with Crippen molar-refractivity contribution in [3.05, 3.63) is 70.5 Å². The van der Waals surface area contributed by atoms with Gasteiger partial charge in [0.15, 0.2) is 0 Å². The standard InChI is InChI=1S/C19H21FN2O2/c1-12-4-2-3-5-15(12)18(23)11-21-19(24)22-17-9-7-13-6-8-14(20)10-16(13)17/h2-6,8,10,17-18,23H,7,9,11H2,1H3,(H2,21,22,24). The fraction of sp³-hybridized carbons (Fsp3) is 0.316. The van der Waals surface area contributed by atoms with E-state index in [1.54, 1.807) is 6.07 Å². The highest BCUT2D eigenvalue weighted by molar-refractivity contribution is 5.74. The summed E-state index contributed by atoms with van der Waals surface area (Å²) in [7, 11) is 0. The molecule has 2 amide bonds. The topological polar surface area (TPSA) is 61.4 Å². The Balaban J connectivity index is 1.56. The molecule has 0 aromatic heterocycles. The van der Waals surface area contributed by atoms with Gasteiger partial charge in [-0.25, -0.2) is 9.18 Å². The number of aliphatic hydroxyl groups excluding tert-OH is 1. The summed E-state index contributed by atoms with van der Waals surface area (Å²) in [4.78, 5) is 12.1. The summed E-state index contributed by atoms with van der Waals surface area (Å²) in [6.45, 7) is 2.04. The van der Waals surface area contributed by atoms with Crippen molar-refractivity contribution in [2.24, 2.45) is 0 Å². The first-order valence-electron chi connectivity index (χ1n) is 8.11. The SMILES string of the molecule is Cc1ccccc1C(O)CNC(=O)NC1CCc2ccc(F)cc21. The maximum absolute atomic E-state index is 13.4. The average Bonchev–Trinajstić information content (AvgIpc) is 2.95. The minimum Gasteiger partial charge on any atom is -0.387 e. The van der Waals surface area contributed by atoms with Gasteiger partial charge in [-0.15, -0.1) is 0 Å². The summed E-state index contributed by atoms with van der Waals surface area (Å²) >= 11 is 0. The highest BCUT2D eigenvalue weighted by Crippen LogP contribution is 2.31. The summed E-state index contributed by atoms with van der Waals surface area (Å²) < 4.78 is 13.4. The monoisotopic (exact) mass is 328 g/mol. The van der Waals surface area contributed by atoms with Gasteiger partial charge in [-0.05, 0) is 54.2 Å². The van der Waals surface area contributed by atoms with E-state index in [0.717, 1.165) is 35.1 Å². The van der Waals surface area contributed by atoms with E-state index in [2.05, 4.69) is 10.6 Å². The van der Waals surface area contributed by atoms with Crippen LogP contribution in [0.5, 0.6) is 0 Å². The third-order valence-electron chi connectivity index (χ3n) is 4.49. The largest absolute Gasteiger partial charge is 0.387 e. The van der Waals surface area contributed by atoms with Crippen molar-refractivity contribution < 1.29 is 14.3 Å². The molecule has 2 unspecified atom stereocenters. The Morgan fingerprint density at radius 3 is 2.92 bits per heavy atom. The molecule has 1 aliphatic rings. The average molecular weight is 328 g/mol. The van der Waals surface area contributed by atoms with Crippen LogP contribution in [0.3, 0.4) is 0 Å². The maximum atomic E-state index is 13.4. The summed E-state index contributed by atoms with van der Waals surface area (Å²) in [6.07, 6.45) is 0.823. The number of aliphatic hydroxyl groups is 1. The molecule has 2 aromatic rings. The Kier molecular flexibility index (Phi) is 4.81. The molecule has 0 spiro atoms. The van der Waals surface area contributed by atoms with Gasteiger partial charge in [-0.2, -0.15) is 0 Å². The van der Waals surface area contributed by atoms with Crippen LogP contribution < -0.4 is 10.6 Å². The maximum Gasteiger partial charge on any atom is 0.315 e. The van der Waals surface area contributed by atoms with Crippen LogP contribution in [0.4, 0.5) is 9.18 Å². The number of carbonyl (C=O) groups excluding carboxylic acids is 1. The Hall–Kier alpha value is -2.40. The van der Waals surface area contributed by atoms with Crippen LogP contribution in [0, 0.1) is 12.7 Å². The number of carbonyl (C=O) groups is 1. The van der Waals surface area contributed by atoms with Gasteiger partial charge in [-0.3, -0.25) is 0 Å². The fourth-order valence-corrected chi connectivity index (χ4v) is 3.19. The molecule has 3 rings (SSSR count). The van der Waals surface area contributed by atoms with Crippen LogP contribution in [0.1, 0.15) is 40.8 Å². The number of nitrogens with one attached hydrogen (secondary N) is 2. The normalized spacial score (nSPS) is 17.2. The van der Waals surface area contributed by atoms with E-state index in [4.69, 9.17) is 0 Å². The van der Waals surface area contributed by atoms with Gasteiger partial charge in [0.2, 0.25) is 0 Å². The van der Waals surface area contributed by atoms with Crippen molar-refractivity contribution in [1.29, 1.82) is 0 Å². The summed E-state index contributed by atoms with van der Waals surface area (Å²) in [6, 6.07) is 11.7. The van der Waals surface area contributed by atoms with Gasteiger partial charge < -0.3 is 15.7 Å². The van der Waals surface area contributed by atoms with Gasteiger partial charge in [0.25, 0.3) is 0 Å². The van der Waals surface area contributed by atoms with E-state index in [1.807, 2.05) is 31.2 Å². The number of halogens is 1. The summed E-state index contributed by atoms with van der Waals surface area (Å²) in [5.74, 6) is -0.294. The van der Waals surface area contributed by atoms with Gasteiger partial charge >= 0.3 is 6.03 Å². The summed E-state index contributed by atoms with van der Waals surface area (Å²) in [5, 5.41) is 15.8. The number of amides is 2. The van der Waals surface area contributed by atoms with Crippen molar-refractivity contribution >= 4 is 6.03 Å². The molecular formula is C19H21FN2O2. The third kappa shape index (κ3) is 3.57. The van der Waals surface area contributed by atoms with Crippen LogP contribution in [0.2, 0.25) is 0 Å². The molecule has 3 N–H and O–H groups in total. The quantitative estimate of drug-likeness (QED) is 0.807. The lowest BCUT2D eigenvalue weighted by molar-refractivity contribution is 0.172. The predicted octanol–water partition coefficient (Wildman–Crippen LogP) is 3.15. The van der Waals surface area contributed by atoms with E-state index < -0.39 is 6.10 Å². The molecule has 0 fully saturated rings. The zero-order chi connectivity index (χ0) is 17.1. The van der Waals surface area contributed by atoms with Gasteiger partial charge in [-0.1, -0.05) is 30.3 Å². The second-order valence-electron chi connectivity index (χ2n) is 6.16. The molecule has 0 bridgehead atoms. The first-order valence-corrected chi connectivity index (χ1v) is 8.11. The van der Waals surface area contributed by atoms with E-state index in [9.17, 15) is 14.3 Å². The molecule has 0 saturated carbocycles. The number of urea groups is 1. The number of rotatable bonds is 4. The number of fused-ring (bicyclic) bond motifs is 1. The first kappa shape index (κ1) is 16.5. The first-order chi connectivity index (χ1) is 11.5. The number of hydrogen-bond donors (Lipinski definition) is 3. The van der Waals surface area contributed by atoms with Crippen molar-refractivity contribution in [3.8, 4) is 0 Å². The highest BCUT2D eigenvalue weighted by atomic mass is 19.1. The molecule has 1 aliphatic carbocycles. The molecule has 126 valence electrons. The smallest absolute Gasteiger partial charge is 0.315 e. The molecule has 2 aromatic carbocycles. The Bertz CT molecular complexity index is 748. The van der Waals surface area contributed by atoms with E-state index >= 15 is 0 Å². The minimum absolute atomic E-state index is 0.124. The van der Waals surface area contributed by atoms with Crippen LogP contribution in [-0.2, 0) is 6.42 Å². The van der Waals surface area contributed by atoms with Gasteiger partial charge in [0.1, 0.15) is 5.82 Å². The lowest BCUT2D eigenvalue weighted by atomic mass is 10.0. The van der Waals surface area contributed by atoms with Crippen LogP contribution in [-0.4, -0.2) is 17.7 Å². The fourth-order valence-electron chi connectivity index (χ4n) is 3.19.